The molecule has 126 valence electrons. The summed E-state index contributed by atoms with van der Waals surface area (Å²) in [5.74, 6) is 0.0829. The maximum absolute atomic E-state index is 11.8. The Bertz CT molecular complexity index is 763. The fourth-order valence-electron chi connectivity index (χ4n) is 1.97. The number of nitrogens with zero attached hydrogens (tertiary/aromatic N) is 1. The topological polar surface area (TPSA) is 83.0 Å². The molecule has 2 aromatic carbocycles. The molecular weight excluding hydrogens is 330 g/mol. The molecule has 0 unspecified atom stereocenters. The molecular formula is C17H18ClN3O3. The number of carbonyl (C=O) groups excluding carboxylic acids is 1. The summed E-state index contributed by atoms with van der Waals surface area (Å²) < 4.78 is 5.00. The van der Waals surface area contributed by atoms with Gasteiger partial charge in [0, 0.05) is 10.7 Å². The molecule has 0 aliphatic rings. The molecule has 2 rings (SSSR count). The Morgan fingerprint density at radius 1 is 1.38 bits per heavy atom. The Balaban J connectivity index is 1.88. The summed E-state index contributed by atoms with van der Waals surface area (Å²) in [6, 6.07) is 10.2. The second-order valence-electron chi connectivity index (χ2n) is 4.99. The summed E-state index contributed by atoms with van der Waals surface area (Å²) in [5, 5.41) is 17.0. The van der Waals surface area contributed by atoms with E-state index in [0.29, 0.717) is 16.3 Å². The van der Waals surface area contributed by atoms with Crippen LogP contribution in [0, 0.1) is 6.92 Å². The van der Waals surface area contributed by atoms with Crippen molar-refractivity contribution in [3.05, 3.63) is 52.5 Å². The van der Waals surface area contributed by atoms with Crippen molar-refractivity contribution in [2.75, 3.05) is 19.0 Å². The quantitative estimate of drug-likeness (QED) is 0.554. The average molecular weight is 348 g/mol. The molecule has 6 nitrogen and oxygen atoms in total. The first kappa shape index (κ1) is 17.6. The smallest absolute Gasteiger partial charge is 0.259 e. The van der Waals surface area contributed by atoms with E-state index in [-0.39, 0.29) is 18.2 Å². The maximum Gasteiger partial charge on any atom is 0.259 e. The van der Waals surface area contributed by atoms with Crippen molar-refractivity contribution in [1.82, 2.24) is 5.43 Å². The van der Waals surface area contributed by atoms with Gasteiger partial charge in [-0.3, -0.25) is 4.79 Å². The van der Waals surface area contributed by atoms with Gasteiger partial charge in [-0.05, 0) is 48.4 Å². The molecule has 0 aliphatic heterocycles. The van der Waals surface area contributed by atoms with Crippen LogP contribution in [0.5, 0.6) is 11.5 Å². The largest absolute Gasteiger partial charge is 0.504 e. The van der Waals surface area contributed by atoms with Gasteiger partial charge in [-0.1, -0.05) is 17.7 Å². The summed E-state index contributed by atoms with van der Waals surface area (Å²) in [6.45, 7) is 1.94. The number of hydrogen-bond donors (Lipinski definition) is 3. The van der Waals surface area contributed by atoms with Crippen LogP contribution in [-0.2, 0) is 4.79 Å². The van der Waals surface area contributed by atoms with Gasteiger partial charge in [-0.25, -0.2) is 5.43 Å². The van der Waals surface area contributed by atoms with E-state index in [1.54, 1.807) is 18.2 Å². The lowest BCUT2D eigenvalue weighted by Gasteiger charge is -2.09. The molecule has 7 heteroatoms. The lowest BCUT2D eigenvalue weighted by molar-refractivity contribution is -0.119. The van der Waals surface area contributed by atoms with Crippen LogP contribution in [-0.4, -0.2) is 30.9 Å². The van der Waals surface area contributed by atoms with Gasteiger partial charge in [0.15, 0.2) is 11.5 Å². The molecule has 0 heterocycles. The second kappa shape index (κ2) is 8.21. The molecule has 3 N–H and O–H groups in total. The highest BCUT2D eigenvalue weighted by Gasteiger charge is 2.04. The van der Waals surface area contributed by atoms with Gasteiger partial charge >= 0.3 is 0 Å². The minimum Gasteiger partial charge on any atom is -0.504 e. The number of benzene rings is 2. The number of rotatable bonds is 6. The molecule has 0 radical (unpaired) electrons. The lowest BCUT2D eigenvalue weighted by atomic mass is 10.2. The third kappa shape index (κ3) is 4.63. The van der Waals surface area contributed by atoms with Crippen LogP contribution < -0.4 is 15.5 Å². The number of phenolic OH excluding ortho intramolecular Hbond substituents is 1. The van der Waals surface area contributed by atoms with Crippen LogP contribution >= 0.6 is 11.6 Å². The Morgan fingerprint density at radius 3 is 2.92 bits per heavy atom. The predicted molar refractivity (Wildman–Crippen MR) is 95.1 cm³/mol. The van der Waals surface area contributed by atoms with Crippen LogP contribution in [0.1, 0.15) is 11.1 Å². The van der Waals surface area contributed by atoms with Crippen molar-refractivity contribution in [3.8, 4) is 11.5 Å². The van der Waals surface area contributed by atoms with Crippen molar-refractivity contribution in [2.45, 2.75) is 6.92 Å². The van der Waals surface area contributed by atoms with Crippen molar-refractivity contribution in [1.29, 1.82) is 0 Å². The molecule has 0 saturated carbocycles. The number of amides is 1. The zero-order chi connectivity index (χ0) is 17.5. The van der Waals surface area contributed by atoms with Gasteiger partial charge in [-0.2, -0.15) is 5.10 Å². The molecule has 0 aromatic heterocycles. The van der Waals surface area contributed by atoms with E-state index in [1.807, 2.05) is 19.1 Å². The fraction of sp³-hybridized carbons (Fsp3) is 0.176. The normalized spacial score (nSPS) is 10.6. The van der Waals surface area contributed by atoms with Gasteiger partial charge in [0.1, 0.15) is 0 Å². The number of anilines is 1. The molecule has 2 aromatic rings. The van der Waals surface area contributed by atoms with Crippen molar-refractivity contribution in [2.24, 2.45) is 5.10 Å². The minimum atomic E-state index is -0.295. The van der Waals surface area contributed by atoms with E-state index in [0.717, 1.165) is 11.3 Å². The predicted octanol–water partition coefficient (Wildman–Crippen LogP) is 2.92. The molecule has 1 amide bonds. The van der Waals surface area contributed by atoms with E-state index in [9.17, 15) is 9.90 Å². The molecule has 0 fully saturated rings. The standard InChI is InChI=1S/C17H18ClN3O3/c1-11-13(18)4-3-5-14(11)19-10-17(23)21-20-9-12-6-7-15(22)16(8-12)24-2/h3-9,19,22H,10H2,1-2H3,(H,21,23). The number of ether oxygens (including phenoxy) is 1. The van der Waals surface area contributed by atoms with Gasteiger partial charge in [0.2, 0.25) is 0 Å². The summed E-state index contributed by atoms with van der Waals surface area (Å²) in [5.41, 5.74) is 4.78. The highest BCUT2D eigenvalue weighted by atomic mass is 35.5. The van der Waals surface area contributed by atoms with Crippen LogP contribution in [0.15, 0.2) is 41.5 Å². The summed E-state index contributed by atoms with van der Waals surface area (Å²) in [7, 11) is 1.46. The fourth-order valence-corrected chi connectivity index (χ4v) is 2.14. The van der Waals surface area contributed by atoms with Crippen LogP contribution in [0.25, 0.3) is 0 Å². The van der Waals surface area contributed by atoms with Gasteiger partial charge in [-0.15, -0.1) is 0 Å². The van der Waals surface area contributed by atoms with Crippen LogP contribution in [0.3, 0.4) is 0 Å². The molecule has 0 spiro atoms. The highest BCUT2D eigenvalue weighted by Crippen LogP contribution is 2.25. The molecule has 0 atom stereocenters. The van der Waals surface area contributed by atoms with E-state index in [1.165, 1.54) is 19.4 Å². The molecule has 0 bridgehead atoms. The first-order chi connectivity index (χ1) is 11.5. The Labute approximate surface area is 145 Å². The van der Waals surface area contributed by atoms with E-state index in [2.05, 4.69) is 15.8 Å². The Hall–Kier alpha value is -2.73. The van der Waals surface area contributed by atoms with Crippen molar-refractivity contribution in [3.63, 3.8) is 0 Å². The number of halogens is 1. The van der Waals surface area contributed by atoms with Gasteiger partial charge in [0.05, 0.1) is 19.9 Å². The molecule has 24 heavy (non-hydrogen) atoms. The average Bonchev–Trinajstić information content (AvgIpc) is 2.57. The molecule has 0 aliphatic carbocycles. The third-order valence-corrected chi connectivity index (χ3v) is 3.72. The second-order valence-corrected chi connectivity index (χ2v) is 5.40. The summed E-state index contributed by atoms with van der Waals surface area (Å²) in [4.78, 5) is 11.8. The van der Waals surface area contributed by atoms with E-state index < -0.39 is 0 Å². The zero-order valence-electron chi connectivity index (χ0n) is 13.3. The Morgan fingerprint density at radius 2 is 2.17 bits per heavy atom. The lowest BCUT2D eigenvalue weighted by Crippen LogP contribution is -2.26. The van der Waals surface area contributed by atoms with Crippen molar-refractivity contribution < 1.29 is 14.6 Å². The number of phenols is 1. The number of hydrazone groups is 1. The van der Waals surface area contributed by atoms with Gasteiger partial charge < -0.3 is 15.2 Å². The van der Waals surface area contributed by atoms with Crippen LogP contribution in [0.4, 0.5) is 5.69 Å². The first-order valence-electron chi connectivity index (χ1n) is 7.19. The third-order valence-electron chi connectivity index (χ3n) is 3.31. The summed E-state index contributed by atoms with van der Waals surface area (Å²) >= 11 is 6.02. The van der Waals surface area contributed by atoms with Crippen molar-refractivity contribution >= 4 is 29.4 Å². The number of hydrogen-bond acceptors (Lipinski definition) is 5. The number of aromatic hydroxyl groups is 1. The van der Waals surface area contributed by atoms with Crippen LogP contribution in [0.2, 0.25) is 5.02 Å². The number of nitrogens with one attached hydrogen (secondary N) is 2. The SMILES string of the molecule is COc1cc(C=NNC(=O)CNc2cccc(Cl)c2C)ccc1O. The minimum absolute atomic E-state index is 0.0415. The molecule has 0 saturated heterocycles. The monoisotopic (exact) mass is 347 g/mol. The number of methoxy groups -OCH3 is 1. The van der Waals surface area contributed by atoms with E-state index in [4.69, 9.17) is 16.3 Å². The summed E-state index contributed by atoms with van der Waals surface area (Å²) in [6.07, 6.45) is 1.46. The van der Waals surface area contributed by atoms with E-state index >= 15 is 0 Å². The Kier molecular flexibility index (Phi) is 6.03. The first-order valence-corrected chi connectivity index (χ1v) is 7.57. The number of carbonyl (C=O) groups is 1. The zero-order valence-corrected chi connectivity index (χ0v) is 14.1. The highest BCUT2D eigenvalue weighted by molar-refractivity contribution is 6.31. The van der Waals surface area contributed by atoms with Gasteiger partial charge in [0.25, 0.3) is 5.91 Å². The maximum atomic E-state index is 11.8.